The summed E-state index contributed by atoms with van der Waals surface area (Å²) in [6.07, 6.45) is 2.63. The van der Waals surface area contributed by atoms with Crippen LogP contribution in [-0.4, -0.2) is 15.0 Å². The normalized spacial score (nSPS) is 12.4. The maximum absolute atomic E-state index is 4.52. The molecule has 0 fully saturated rings. The number of pyridine rings is 1. The molecule has 0 unspecified atom stereocenters. The average molecular weight is 197 g/mol. The van der Waals surface area contributed by atoms with Crippen LogP contribution in [0.15, 0.2) is 18.3 Å². The third kappa shape index (κ3) is 1.23. The van der Waals surface area contributed by atoms with Crippen LogP contribution < -0.4 is 0 Å². The number of fused-ring (bicyclic) bond motifs is 3. The summed E-state index contributed by atoms with van der Waals surface area (Å²) < 4.78 is 0. The molecule has 0 N–H and O–H groups in total. The molecule has 0 spiro atoms. The van der Waals surface area contributed by atoms with Crippen LogP contribution >= 0.6 is 0 Å². The highest BCUT2D eigenvalue weighted by Crippen LogP contribution is 2.32. The molecule has 74 valence electrons. The monoisotopic (exact) mass is 197 g/mol. The molecule has 0 aliphatic heterocycles. The summed E-state index contributed by atoms with van der Waals surface area (Å²) in [5, 5.41) is 0. The minimum Gasteiger partial charge on any atom is -0.257 e. The van der Waals surface area contributed by atoms with Gasteiger partial charge in [0.2, 0.25) is 0 Å². The Hall–Kier alpha value is -1.77. The van der Waals surface area contributed by atoms with E-state index in [1.165, 1.54) is 0 Å². The van der Waals surface area contributed by atoms with Crippen LogP contribution in [-0.2, 0) is 6.42 Å². The minimum absolute atomic E-state index is 0.820. The van der Waals surface area contributed by atoms with Gasteiger partial charge in [-0.2, -0.15) is 0 Å². The fraction of sp³-hybridized carbons (Fsp3) is 0.250. The van der Waals surface area contributed by atoms with E-state index < -0.39 is 0 Å². The molecule has 2 aromatic rings. The lowest BCUT2D eigenvalue weighted by atomic mass is 10.2. The predicted octanol–water partition coefficient (Wildman–Crippen LogP) is 2.06. The Bertz CT molecular complexity index is 497. The molecule has 1 aliphatic rings. The Morgan fingerprint density at radius 2 is 1.80 bits per heavy atom. The molecule has 0 radical (unpaired) electrons. The molecule has 2 heterocycles. The summed E-state index contributed by atoms with van der Waals surface area (Å²) >= 11 is 0. The highest BCUT2D eigenvalue weighted by Gasteiger charge is 2.22. The minimum atomic E-state index is 0.820. The summed E-state index contributed by atoms with van der Waals surface area (Å²) in [4.78, 5) is 13.4. The number of aromatic nitrogens is 3. The zero-order valence-corrected chi connectivity index (χ0v) is 8.78. The third-order valence-electron chi connectivity index (χ3n) is 2.67. The van der Waals surface area contributed by atoms with Crippen LogP contribution in [0.25, 0.3) is 11.3 Å². The van der Waals surface area contributed by atoms with Crippen molar-refractivity contribution in [3.63, 3.8) is 0 Å². The van der Waals surface area contributed by atoms with Crippen molar-refractivity contribution in [2.24, 2.45) is 0 Å². The molecule has 0 amide bonds. The van der Waals surface area contributed by atoms with Gasteiger partial charge in [0.05, 0.1) is 22.8 Å². The van der Waals surface area contributed by atoms with Crippen LogP contribution in [0.3, 0.4) is 0 Å². The first-order chi connectivity index (χ1) is 7.24. The zero-order chi connectivity index (χ0) is 10.4. The van der Waals surface area contributed by atoms with Crippen molar-refractivity contribution in [2.75, 3.05) is 0 Å². The lowest BCUT2D eigenvalue weighted by Gasteiger charge is -1.99. The fourth-order valence-electron chi connectivity index (χ4n) is 1.99. The summed E-state index contributed by atoms with van der Waals surface area (Å²) in [6.45, 7) is 3.98. The second kappa shape index (κ2) is 2.86. The van der Waals surface area contributed by atoms with Crippen molar-refractivity contribution in [1.29, 1.82) is 0 Å². The van der Waals surface area contributed by atoms with E-state index in [1.54, 1.807) is 0 Å². The number of nitrogens with zero attached hydrogens (tertiary/aromatic N) is 3. The van der Waals surface area contributed by atoms with Crippen LogP contribution in [0.4, 0.5) is 0 Å². The maximum atomic E-state index is 4.52. The fourth-order valence-corrected chi connectivity index (χ4v) is 1.99. The first-order valence-corrected chi connectivity index (χ1v) is 5.03. The van der Waals surface area contributed by atoms with E-state index in [-0.39, 0.29) is 0 Å². The third-order valence-corrected chi connectivity index (χ3v) is 2.67. The van der Waals surface area contributed by atoms with Crippen molar-refractivity contribution in [3.05, 3.63) is 41.1 Å². The predicted molar refractivity (Wildman–Crippen MR) is 57.5 cm³/mol. The Morgan fingerprint density at radius 1 is 1.00 bits per heavy atom. The van der Waals surface area contributed by atoms with E-state index in [0.717, 1.165) is 40.5 Å². The van der Waals surface area contributed by atoms with E-state index in [2.05, 4.69) is 21.0 Å². The summed E-state index contributed by atoms with van der Waals surface area (Å²) in [5.41, 5.74) is 6.33. The summed E-state index contributed by atoms with van der Waals surface area (Å²) in [5.74, 6) is 0. The Labute approximate surface area is 88.2 Å². The Kier molecular flexibility index (Phi) is 1.63. The molecule has 15 heavy (non-hydrogen) atoms. The summed E-state index contributed by atoms with van der Waals surface area (Å²) in [6, 6.07) is 4.11. The van der Waals surface area contributed by atoms with Crippen molar-refractivity contribution in [3.8, 4) is 11.3 Å². The number of hydrogen-bond acceptors (Lipinski definition) is 3. The molecular formula is C12H11N3. The highest BCUT2D eigenvalue weighted by molar-refractivity contribution is 5.70. The van der Waals surface area contributed by atoms with E-state index >= 15 is 0 Å². The Morgan fingerprint density at radius 3 is 2.67 bits per heavy atom. The molecule has 3 nitrogen and oxygen atoms in total. The highest BCUT2D eigenvalue weighted by atomic mass is 14.9. The molecule has 0 bridgehead atoms. The molecule has 1 aliphatic carbocycles. The van der Waals surface area contributed by atoms with Crippen molar-refractivity contribution in [1.82, 2.24) is 15.0 Å². The maximum Gasteiger partial charge on any atom is 0.0940 e. The van der Waals surface area contributed by atoms with Crippen LogP contribution in [0.2, 0.25) is 0 Å². The van der Waals surface area contributed by atoms with Crippen molar-refractivity contribution in [2.45, 2.75) is 20.3 Å². The summed E-state index contributed by atoms with van der Waals surface area (Å²) in [7, 11) is 0. The quantitative estimate of drug-likeness (QED) is 0.553. The van der Waals surface area contributed by atoms with E-state index in [0.29, 0.717) is 0 Å². The van der Waals surface area contributed by atoms with Crippen molar-refractivity contribution < 1.29 is 0 Å². The standard InChI is InChI=1S/C12H11N3/c1-7-3-4-9-10(14-7)5-11-12(9)13-6-8(2)15-11/h3-4,6H,5H2,1-2H3. The SMILES string of the molecule is Cc1ccc2c(n1)Cc1nc(C)cnc1-2. The molecule has 3 rings (SSSR count). The number of hydrogen-bond donors (Lipinski definition) is 0. The van der Waals surface area contributed by atoms with Gasteiger partial charge in [0, 0.05) is 23.9 Å². The molecule has 3 heteroatoms. The number of rotatable bonds is 0. The lowest BCUT2D eigenvalue weighted by molar-refractivity contribution is 1.00. The topological polar surface area (TPSA) is 38.7 Å². The van der Waals surface area contributed by atoms with Gasteiger partial charge in [0.25, 0.3) is 0 Å². The van der Waals surface area contributed by atoms with E-state index in [9.17, 15) is 0 Å². The smallest absolute Gasteiger partial charge is 0.0940 e. The second-order valence-electron chi connectivity index (χ2n) is 3.93. The van der Waals surface area contributed by atoms with Gasteiger partial charge < -0.3 is 0 Å². The molecular weight excluding hydrogens is 186 g/mol. The molecule has 0 atom stereocenters. The van der Waals surface area contributed by atoms with Gasteiger partial charge in [-0.1, -0.05) is 0 Å². The second-order valence-corrected chi connectivity index (χ2v) is 3.93. The van der Waals surface area contributed by atoms with Gasteiger partial charge in [0.15, 0.2) is 0 Å². The van der Waals surface area contributed by atoms with Crippen LogP contribution in [0, 0.1) is 13.8 Å². The van der Waals surface area contributed by atoms with Gasteiger partial charge >= 0.3 is 0 Å². The van der Waals surface area contributed by atoms with Crippen LogP contribution in [0.1, 0.15) is 22.8 Å². The molecule has 0 aromatic carbocycles. The van der Waals surface area contributed by atoms with E-state index in [4.69, 9.17) is 0 Å². The van der Waals surface area contributed by atoms with Gasteiger partial charge in [-0.3, -0.25) is 15.0 Å². The largest absolute Gasteiger partial charge is 0.257 e. The number of aryl methyl sites for hydroxylation is 2. The van der Waals surface area contributed by atoms with Gasteiger partial charge in [-0.25, -0.2) is 0 Å². The first kappa shape index (κ1) is 8.53. The first-order valence-electron chi connectivity index (χ1n) is 5.03. The molecule has 0 saturated carbocycles. The lowest BCUT2D eigenvalue weighted by Crippen LogP contribution is -1.92. The molecule has 2 aromatic heterocycles. The van der Waals surface area contributed by atoms with E-state index in [1.807, 2.05) is 26.1 Å². The van der Waals surface area contributed by atoms with Crippen LogP contribution in [0.5, 0.6) is 0 Å². The zero-order valence-electron chi connectivity index (χ0n) is 8.78. The van der Waals surface area contributed by atoms with Gasteiger partial charge in [0.1, 0.15) is 0 Å². The molecule has 0 saturated heterocycles. The Balaban J connectivity index is 2.24. The van der Waals surface area contributed by atoms with Gasteiger partial charge in [-0.15, -0.1) is 0 Å². The van der Waals surface area contributed by atoms with Crippen molar-refractivity contribution >= 4 is 0 Å². The van der Waals surface area contributed by atoms with Gasteiger partial charge in [-0.05, 0) is 26.0 Å². The average Bonchev–Trinajstić information content (AvgIpc) is 2.53.